The molecule has 1 aromatic rings. The smallest absolute Gasteiger partial charge is 0.328 e. The summed E-state index contributed by atoms with van der Waals surface area (Å²) < 4.78 is 64.9. The van der Waals surface area contributed by atoms with E-state index < -0.39 is 26.7 Å². The summed E-state index contributed by atoms with van der Waals surface area (Å²) in [5.41, 5.74) is 4.43. The Kier molecular flexibility index (Phi) is 6.14. The molecule has 2 N–H and O–H groups in total. The average molecular weight is 379 g/mol. The number of rotatable bonds is 2. The van der Waals surface area contributed by atoms with Crippen molar-refractivity contribution in [2.45, 2.75) is 30.0 Å². The van der Waals surface area contributed by atoms with Crippen LogP contribution in [-0.4, -0.2) is 31.9 Å². The SMILES string of the molecule is Cl.NC1CCN(S(=O)(=O)c2ccc(Cl)cc2C(F)(F)F)CC1. The molecule has 2 rings (SSSR count). The van der Waals surface area contributed by atoms with Gasteiger partial charge in [0, 0.05) is 24.2 Å². The van der Waals surface area contributed by atoms with Gasteiger partial charge in [-0.2, -0.15) is 17.5 Å². The van der Waals surface area contributed by atoms with Gasteiger partial charge < -0.3 is 5.73 Å². The van der Waals surface area contributed by atoms with Crippen molar-refractivity contribution in [1.82, 2.24) is 4.31 Å². The Hall–Kier alpha value is -0.540. The van der Waals surface area contributed by atoms with Crippen molar-refractivity contribution in [2.24, 2.45) is 5.73 Å². The Morgan fingerprint density at radius 3 is 2.27 bits per heavy atom. The Labute approximate surface area is 137 Å². The van der Waals surface area contributed by atoms with Gasteiger partial charge in [-0.05, 0) is 31.0 Å². The van der Waals surface area contributed by atoms with Crippen LogP contribution in [0.3, 0.4) is 0 Å². The number of nitrogens with zero attached hydrogens (tertiary/aromatic N) is 1. The minimum Gasteiger partial charge on any atom is -0.328 e. The Morgan fingerprint density at radius 1 is 1.23 bits per heavy atom. The molecular formula is C12H15Cl2F3N2O2S. The highest BCUT2D eigenvalue weighted by Crippen LogP contribution is 2.37. The van der Waals surface area contributed by atoms with Crippen molar-refractivity contribution < 1.29 is 21.6 Å². The van der Waals surface area contributed by atoms with Gasteiger partial charge in [-0.15, -0.1) is 12.4 Å². The molecule has 0 spiro atoms. The van der Waals surface area contributed by atoms with Crippen molar-refractivity contribution in [2.75, 3.05) is 13.1 Å². The number of piperidine rings is 1. The van der Waals surface area contributed by atoms with Crippen molar-refractivity contribution in [1.29, 1.82) is 0 Å². The number of alkyl halides is 3. The summed E-state index contributed by atoms with van der Waals surface area (Å²) in [4.78, 5) is -0.769. The molecule has 10 heteroatoms. The first-order chi connectivity index (χ1) is 9.62. The van der Waals surface area contributed by atoms with Crippen LogP contribution >= 0.6 is 24.0 Å². The summed E-state index contributed by atoms with van der Waals surface area (Å²) in [5, 5.41) is -0.165. The molecule has 0 amide bonds. The minimum atomic E-state index is -4.79. The van der Waals surface area contributed by atoms with Crippen LogP contribution in [0.1, 0.15) is 18.4 Å². The molecule has 0 unspecified atom stereocenters. The van der Waals surface area contributed by atoms with E-state index in [2.05, 4.69) is 0 Å². The lowest BCUT2D eigenvalue weighted by molar-refractivity contribution is -0.139. The fraction of sp³-hybridized carbons (Fsp3) is 0.500. The van der Waals surface area contributed by atoms with Crippen LogP contribution < -0.4 is 5.73 Å². The minimum absolute atomic E-state index is 0. The van der Waals surface area contributed by atoms with Gasteiger partial charge in [-0.25, -0.2) is 8.42 Å². The molecular weight excluding hydrogens is 364 g/mol. The van der Waals surface area contributed by atoms with Crippen LogP contribution in [0.25, 0.3) is 0 Å². The quantitative estimate of drug-likeness (QED) is 0.860. The van der Waals surface area contributed by atoms with Crippen LogP contribution in [0.4, 0.5) is 13.2 Å². The third kappa shape index (κ3) is 4.05. The van der Waals surface area contributed by atoms with Gasteiger partial charge in [-0.1, -0.05) is 11.6 Å². The van der Waals surface area contributed by atoms with Crippen molar-refractivity contribution in [3.8, 4) is 0 Å². The Morgan fingerprint density at radius 2 is 1.77 bits per heavy atom. The maximum Gasteiger partial charge on any atom is 0.417 e. The zero-order valence-corrected chi connectivity index (χ0v) is 13.7. The molecule has 0 bridgehead atoms. The standard InChI is InChI=1S/C12H14ClF3N2O2S.ClH/c13-8-1-2-11(10(7-8)12(14,15)16)21(19,20)18-5-3-9(17)4-6-18;/h1-2,7,9H,3-6,17H2;1H. The van der Waals surface area contributed by atoms with Gasteiger partial charge in [0.15, 0.2) is 0 Å². The van der Waals surface area contributed by atoms with E-state index >= 15 is 0 Å². The largest absolute Gasteiger partial charge is 0.417 e. The zero-order valence-electron chi connectivity index (χ0n) is 11.3. The maximum absolute atomic E-state index is 13.0. The molecule has 1 saturated heterocycles. The molecule has 0 atom stereocenters. The first-order valence-corrected chi connectivity index (χ1v) is 8.06. The molecule has 4 nitrogen and oxygen atoms in total. The normalized spacial score (nSPS) is 18.0. The third-order valence-corrected chi connectivity index (χ3v) is 5.56. The van der Waals surface area contributed by atoms with E-state index in [-0.39, 0.29) is 36.6 Å². The molecule has 22 heavy (non-hydrogen) atoms. The molecule has 0 saturated carbocycles. The Balaban J connectivity index is 0.00000242. The lowest BCUT2D eigenvalue weighted by Crippen LogP contribution is -2.43. The number of hydrogen-bond donors (Lipinski definition) is 1. The maximum atomic E-state index is 13.0. The number of halogens is 5. The molecule has 1 heterocycles. The van der Waals surface area contributed by atoms with Gasteiger partial charge in [-0.3, -0.25) is 0 Å². The van der Waals surface area contributed by atoms with E-state index in [1.807, 2.05) is 0 Å². The van der Waals surface area contributed by atoms with E-state index in [1.54, 1.807) is 0 Å². The highest BCUT2D eigenvalue weighted by Gasteiger charge is 2.39. The van der Waals surface area contributed by atoms with Crippen molar-refractivity contribution in [3.05, 3.63) is 28.8 Å². The lowest BCUT2D eigenvalue weighted by Gasteiger charge is -2.30. The lowest BCUT2D eigenvalue weighted by atomic mass is 10.1. The highest BCUT2D eigenvalue weighted by atomic mass is 35.5. The summed E-state index contributed by atoms with van der Waals surface area (Å²) in [6, 6.07) is 2.54. The van der Waals surface area contributed by atoms with E-state index in [1.165, 1.54) is 0 Å². The number of benzene rings is 1. The monoisotopic (exact) mass is 378 g/mol. The molecule has 1 aliphatic heterocycles. The average Bonchev–Trinajstić information content (AvgIpc) is 2.38. The third-order valence-electron chi connectivity index (χ3n) is 3.36. The number of sulfonamides is 1. The second-order valence-corrected chi connectivity index (χ2v) is 7.22. The summed E-state index contributed by atoms with van der Waals surface area (Å²) in [6.07, 6.45) is -3.94. The second-order valence-electron chi connectivity index (χ2n) is 4.88. The van der Waals surface area contributed by atoms with E-state index in [0.717, 1.165) is 16.4 Å². The second kappa shape index (κ2) is 6.92. The van der Waals surface area contributed by atoms with Gasteiger partial charge in [0.05, 0.1) is 10.5 Å². The fourth-order valence-corrected chi connectivity index (χ4v) is 4.04. The zero-order chi connectivity index (χ0) is 15.8. The first-order valence-electron chi connectivity index (χ1n) is 6.25. The molecule has 0 radical (unpaired) electrons. The van der Waals surface area contributed by atoms with Gasteiger partial charge in [0.2, 0.25) is 10.0 Å². The van der Waals surface area contributed by atoms with E-state index in [9.17, 15) is 21.6 Å². The molecule has 1 aliphatic rings. The Bertz CT molecular complexity index is 630. The predicted molar refractivity (Wildman–Crippen MR) is 79.7 cm³/mol. The van der Waals surface area contributed by atoms with Crippen molar-refractivity contribution in [3.63, 3.8) is 0 Å². The van der Waals surface area contributed by atoms with Gasteiger partial charge in [0.1, 0.15) is 0 Å². The summed E-state index contributed by atoms with van der Waals surface area (Å²) in [6.45, 7) is 0.229. The summed E-state index contributed by atoms with van der Waals surface area (Å²) in [5.74, 6) is 0. The predicted octanol–water partition coefficient (Wildman–Crippen LogP) is 2.89. The first kappa shape index (κ1) is 19.5. The molecule has 126 valence electrons. The van der Waals surface area contributed by atoms with Gasteiger partial charge in [0.25, 0.3) is 0 Å². The number of nitrogens with two attached hydrogens (primary N) is 1. The topological polar surface area (TPSA) is 63.4 Å². The van der Waals surface area contributed by atoms with E-state index in [0.29, 0.717) is 18.9 Å². The van der Waals surface area contributed by atoms with Crippen LogP contribution in [0, 0.1) is 0 Å². The number of hydrogen-bond acceptors (Lipinski definition) is 3. The molecule has 1 fully saturated rings. The molecule has 0 aromatic heterocycles. The molecule has 0 aliphatic carbocycles. The molecule has 1 aromatic carbocycles. The van der Waals surface area contributed by atoms with Crippen LogP contribution in [0.2, 0.25) is 5.02 Å². The fourth-order valence-electron chi connectivity index (χ4n) is 2.20. The van der Waals surface area contributed by atoms with Crippen LogP contribution in [-0.2, 0) is 16.2 Å². The van der Waals surface area contributed by atoms with Crippen LogP contribution in [0.15, 0.2) is 23.1 Å². The van der Waals surface area contributed by atoms with Crippen LogP contribution in [0.5, 0.6) is 0 Å². The van der Waals surface area contributed by atoms with E-state index in [4.69, 9.17) is 17.3 Å². The van der Waals surface area contributed by atoms with Gasteiger partial charge >= 0.3 is 6.18 Å². The highest BCUT2D eigenvalue weighted by molar-refractivity contribution is 7.89. The summed E-state index contributed by atoms with van der Waals surface area (Å²) in [7, 11) is -4.22. The van der Waals surface area contributed by atoms with Crippen molar-refractivity contribution >= 4 is 34.0 Å². The summed E-state index contributed by atoms with van der Waals surface area (Å²) >= 11 is 5.55.